The van der Waals surface area contributed by atoms with Crippen molar-refractivity contribution < 1.29 is 0 Å². The predicted molar refractivity (Wildman–Crippen MR) is 133 cm³/mol. The number of nitriles is 1. The maximum atomic E-state index is 9.01. The Balaban J connectivity index is 1.73. The molecule has 0 aliphatic carbocycles. The molecule has 0 unspecified atom stereocenters. The van der Waals surface area contributed by atoms with Gasteiger partial charge in [0, 0.05) is 28.0 Å². The fourth-order valence-corrected chi connectivity index (χ4v) is 4.68. The van der Waals surface area contributed by atoms with E-state index in [0.717, 1.165) is 52.3 Å². The van der Waals surface area contributed by atoms with Crippen molar-refractivity contribution in [3.05, 3.63) is 74.9 Å². The largest absolute Gasteiger partial charge is 0.324 e. The van der Waals surface area contributed by atoms with Crippen molar-refractivity contribution in [2.75, 3.05) is 16.8 Å². The van der Waals surface area contributed by atoms with E-state index in [9.17, 15) is 0 Å². The van der Waals surface area contributed by atoms with Gasteiger partial charge in [-0.25, -0.2) is 4.98 Å². The molecule has 4 rings (SSSR count). The van der Waals surface area contributed by atoms with E-state index in [0.29, 0.717) is 11.5 Å². The Kier molecular flexibility index (Phi) is 6.25. The molecule has 1 N–H and O–H groups in total. The minimum absolute atomic E-state index is 0.542. The average Bonchev–Trinajstić information content (AvgIpc) is 3.21. The van der Waals surface area contributed by atoms with Crippen LogP contribution < -0.4 is 10.2 Å². The molecule has 5 nitrogen and oxygen atoms in total. The van der Waals surface area contributed by atoms with Gasteiger partial charge in [0.15, 0.2) is 0 Å². The number of nitrogens with zero attached hydrogens (tertiary/aromatic N) is 4. The van der Waals surface area contributed by atoms with Gasteiger partial charge in [0.05, 0.1) is 17.3 Å². The number of aromatic nitrogens is 2. The molecular weight excluding hydrogens is 462 g/mol. The van der Waals surface area contributed by atoms with Crippen LogP contribution in [-0.4, -0.2) is 16.5 Å². The zero-order valence-electron chi connectivity index (χ0n) is 18.0. The lowest BCUT2D eigenvalue weighted by atomic mass is 10.0. The first-order chi connectivity index (χ1) is 15.5. The third kappa shape index (κ3) is 4.23. The predicted octanol–water partition coefficient (Wildman–Crippen LogP) is 6.07. The van der Waals surface area contributed by atoms with Crippen molar-refractivity contribution in [2.45, 2.75) is 26.7 Å². The summed E-state index contributed by atoms with van der Waals surface area (Å²) >= 11 is 3.78. The van der Waals surface area contributed by atoms with Gasteiger partial charge in [-0.3, -0.25) is 0 Å². The molecule has 2 aromatic carbocycles. The molecule has 0 saturated carbocycles. The number of nitrogens with one attached hydrogen (secondary N) is 1. The van der Waals surface area contributed by atoms with Gasteiger partial charge in [0.2, 0.25) is 5.95 Å². The summed E-state index contributed by atoms with van der Waals surface area (Å²) in [6, 6.07) is 13.7. The van der Waals surface area contributed by atoms with Gasteiger partial charge >= 0.3 is 0 Å². The van der Waals surface area contributed by atoms with Crippen LogP contribution in [0.15, 0.2) is 46.9 Å². The van der Waals surface area contributed by atoms with E-state index >= 15 is 0 Å². The Morgan fingerprint density at radius 3 is 2.72 bits per heavy atom. The highest BCUT2D eigenvalue weighted by molar-refractivity contribution is 9.10. The fourth-order valence-electron chi connectivity index (χ4n) is 3.95. The molecule has 1 aliphatic rings. The molecule has 1 aromatic heterocycles. The van der Waals surface area contributed by atoms with Crippen LogP contribution >= 0.6 is 15.9 Å². The SMILES string of the molecule is C#C/C=C/c1cc(Br)c(N2CCc3c(C)nc(Nc4ccc(C#N)cc4)nc32)c(CC)c1. The minimum Gasteiger partial charge on any atom is -0.324 e. The van der Waals surface area contributed by atoms with Crippen LogP contribution in [0.5, 0.6) is 0 Å². The first kappa shape index (κ1) is 21.6. The maximum absolute atomic E-state index is 9.01. The van der Waals surface area contributed by atoms with Crippen LogP contribution in [0.3, 0.4) is 0 Å². The topological polar surface area (TPSA) is 64.8 Å². The second-order valence-corrected chi connectivity index (χ2v) is 8.37. The Labute approximate surface area is 197 Å². The summed E-state index contributed by atoms with van der Waals surface area (Å²) in [5.41, 5.74) is 7.01. The van der Waals surface area contributed by atoms with E-state index in [-0.39, 0.29) is 0 Å². The zero-order chi connectivity index (χ0) is 22.7. The third-order valence-corrected chi connectivity index (χ3v) is 6.10. The zero-order valence-corrected chi connectivity index (χ0v) is 19.6. The summed E-state index contributed by atoms with van der Waals surface area (Å²) in [6.07, 6.45) is 10.8. The fraction of sp³-hybridized carbons (Fsp3) is 0.192. The van der Waals surface area contributed by atoms with Crippen molar-refractivity contribution >= 4 is 45.1 Å². The molecule has 1 aliphatic heterocycles. The van der Waals surface area contributed by atoms with Gasteiger partial charge < -0.3 is 10.2 Å². The lowest BCUT2D eigenvalue weighted by Gasteiger charge is -2.24. The summed E-state index contributed by atoms with van der Waals surface area (Å²) < 4.78 is 1.01. The number of terminal acetylenes is 1. The molecule has 0 bridgehead atoms. The molecule has 0 amide bonds. The number of rotatable bonds is 5. The highest BCUT2D eigenvalue weighted by Gasteiger charge is 2.28. The number of halogens is 1. The van der Waals surface area contributed by atoms with Gasteiger partial charge in [-0.05, 0) is 95.4 Å². The molecule has 32 heavy (non-hydrogen) atoms. The summed E-state index contributed by atoms with van der Waals surface area (Å²) in [5, 5.41) is 12.3. The molecule has 3 aromatic rings. The summed E-state index contributed by atoms with van der Waals surface area (Å²) in [5.74, 6) is 4.02. The molecule has 0 fully saturated rings. The molecule has 2 heterocycles. The van der Waals surface area contributed by atoms with Crippen LogP contribution in [0, 0.1) is 30.6 Å². The second kappa shape index (κ2) is 9.26. The highest BCUT2D eigenvalue weighted by atomic mass is 79.9. The standard InChI is InChI=1S/C26H22BrN5/c1-4-6-7-19-14-20(5-2)24(23(27)15-19)32-13-12-22-17(3)29-26(31-25(22)32)30-21-10-8-18(16-28)9-11-21/h1,6-11,14-15H,5,12-13H2,2-3H3,(H,29,30,31)/b7-6+. The molecule has 158 valence electrons. The monoisotopic (exact) mass is 483 g/mol. The van der Waals surface area contributed by atoms with Crippen LogP contribution in [0.25, 0.3) is 6.08 Å². The number of fused-ring (bicyclic) bond motifs is 1. The van der Waals surface area contributed by atoms with E-state index in [1.807, 2.05) is 25.1 Å². The number of benzene rings is 2. The highest BCUT2D eigenvalue weighted by Crippen LogP contribution is 2.41. The smallest absolute Gasteiger partial charge is 0.229 e. The average molecular weight is 484 g/mol. The van der Waals surface area contributed by atoms with Gasteiger partial charge in [-0.1, -0.05) is 12.8 Å². The lowest BCUT2D eigenvalue weighted by Crippen LogP contribution is -2.17. The number of anilines is 4. The first-order valence-corrected chi connectivity index (χ1v) is 11.2. The third-order valence-electron chi connectivity index (χ3n) is 5.49. The number of allylic oxidation sites excluding steroid dienone is 1. The van der Waals surface area contributed by atoms with Gasteiger partial charge in [0.25, 0.3) is 0 Å². The Hall–Kier alpha value is -3.61. The van der Waals surface area contributed by atoms with E-state index in [4.69, 9.17) is 16.7 Å². The van der Waals surface area contributed by atoms with Crippen LogP contribution in [0.2, 0.25) is 0 Å². The van der Waals surface area contributed by atoms with Gasteiger partial charge in [-0.2, -0.15) is 10.2 Å². The quantitative estimate of drug-likeness (QED) is 0.446. The van der Waals surface area contributed by atoms with Crippen LogP contribution in [0.4, 0.5) is 23.1 Å². The summed E-state index contributed by atoms with van der Waals surface area (Å²) in [4.78, 5) is 11.8. The van der Waals surface area contributed by atoms with Crippen molar-refractivity contribution in [2.24, 2.45) is 0 Å². The van der Waals surface area contributed by atoms with Crippen LogP contribution in [0.1, 0.15) is 34.9 Å². The normalized spacial score (nSPS) is 12.5. The molecule has 0 atom stereocenters. The van der Waals surface area contributed by atoms with Crippen molar-refractivity contribution in [3.8, 4) is 18.4 Å². The lowest BCUT2D eigenvalue weighted by molar-refractivity contribution is 0.967. The van der Waals surface area contributed by atoms with Gasteiger partial charge in [0.1, 0.15) is 5.82 Å². The van der Waals surface area contributed by atoms with E-state index in [2.05, 4.69) is 62.2 Å². The first-order valence-electron chi connectivity index (χ1n) is 10.4. The molecular formula is C26H22BrN5. The Bertz CT molecular complexity index is 1280. The number of hydrogen-bond donors (Lipinski definition) is 1. The number of hydrogen-bond acceptors (Lipinski definition) is 5. The number of aryl methyl sites for hydroxylation is 2. The van der Waals surface area contributed by atoms with Crippen molar-refractivity contribution in [3.63, 3.8) is 0 Å². The maximum Gasteiger partial charge on any atom is 0.229 e. The van der Waals surface area contributed by atoms with Crippen molar-refractivity contribution in [1.29, 1.82) is 5.26 Å². The van der Waals surface area contributed by atoms with Crippen LogP contribution in [-0.2, 0) is 12.8 Å². The van der Waals surface area contributed by atoms with E-state index in [1.54, 1.807) is 18.2 Å². The summed E-state index contributed by atoms with van der Waals surface area (Å²) in [7, 11) is 0. The molecule has 0 saturated heterocycles. The Morgan fingerprint density at radius 1 is 1.25 bits per heavy atom. The van der Waals surface area contributed by atoms with E-state index in [1.165, 1.54) is 11.1 Å². The summed E-state index contributed by atoms with van der Waals surface area (Å²) in [6.45, 7) is 5.02. The van der Waals surface area contributed by atoms with Gasteiger partial charge in [-0.15, -0.1) is 6.42 Å². The molecule has 0 spiro atoms. The molecule has 0 radical (unpaired) electrons. The second-order valence-electron chi connectivity index (χ2n) is 7.51. The van der Waals surface area contributed by atoms with Crippen molar-refractivity contribution in [1.82, 2.24) is 9.97 Å². The Morgan fingerprint density at radius 2 is 2.03 bits per heavy atom. The van der Waals surface area contributed by atoms with E-state index < -0.39 is 0 Å². The minimum atomic E-state index is 0.542. The molecule has 6 heteroatoms.